The smallest absolute Gasteiger partial charge is 0.265 e. The Kier molecular flexibility index (Phi) is 5.58. The summed E-state index contributed by atoms with van der Waals surface area (Å²) in [6, 6.07) is 3.93. The first-order chi connectivity index (χ1) is 13.5. The van der Waals surface area contributed by atoms with Crippen LogP contribution in [0.1, 0.15) is 64.1 Å². The summed E-state index contributed by atoms with van der Waals surface area (Å²) in [7, 11) is 0. The Labute approximate surface area is 175 Å². The van der Waals surface area contributed by atoms with Crippen molar-refractivity contribution in [1.29, 1.82) is 0 Å². The van der Waals surface area contributed by atoms with Gasteiger partial charge in [-0.05, 0) is 50.4 Å². The normalized spacial score (nSPS) is 16.7. The summed E-state index contributed by atoms with van der Waals surface area (Å²) in [6.45, 7) is 12.7. The molecule has 1 aliphatic heterocycles. The van der Waals surface area contributed by atoms with Crippen LogP contribution in [0.2, 0.25) is 0 Å². The van der Waals surface area contributed by atoms with Crippen molar-refractivity contribution in [2.75, 3.05) is 0 Å². The highest BCUT2D eigenvalue weighted by molar-refractivity contribution is 8.06. The van der Waals surface area contributed by atoms with Gasteiger partial charge in [-0.15, -0.1) is 5.10 Å². The molecule has 2 aromatic rings. The van der Waals surface area contributed by atoms with Gasteiger partial charge < -0.3 is 10.0 Å². The van der Waals surface area contributed by atoms with Crippen molar-refractivity contribution in [2.24, 2.45) is 0 Å². The minimum atomic E-state index is -0.229. The molecule has 1 aromatic carbocycles. The third-order valence-electron chi connectivity index (χ3n) is 4.66. The number of carbonyl (C=O) groups is 1. The van der Waals surface area contributed by atoms with Crippen LogP contribution in [-0.2, 0) is 22.2 Å². The monoisotopic (exact) mass is 413 g/mol. The number of aromatic nitrogens is 4. The Morgan fingerprint density at radius 1 is 1.14 bits per heavy atom. The van der Waals surface area contributed by atoms with Gasteiger partial charge in [0.1, 0.15) is 5.75 Å². The number of nitrogens with one attached hydrogen (secondary N) is 1. The van der Waals surface area contributed by atoms with E-state index in [4.69, 9.17) is 0 Å². The highest BCUT2D eigenvalue weighted by Gasteiger charge is 2.27. The second-order valence-electron chi connectivity index (χ2n) is 9.16. The highest BCUT2D eigenvalue weighted by Crippen LogP contribution is 2.40. The van der Waals surface area contributed by atoms with Crippen molar-refractivity contribution in [3.8, 4) is 5.75 Å². The molecule has 1 amide bonds. The number of aromatic amines is 1. The van der Waals surface area contributed by atoms with Gasteiger partial charge in [-0.3, -0.25) is 4.79 Å². The van der Waals surface area contributed by atoms with Crippen LogP contribution in [0.4, 0.5) is 0 Å². The number of phenolic OH excluding ortho intramolecular Hbond substituents is 1. The van der Waals surface area contributed by atoms with Crippen LogP contribution in [0.3, 0.4) is 0 Å². The molecule has 29 heavy (non-hydrogen) atoms. The molecule has 0 fully saturated rings. The average molecular weight is 414 g/mol. The molecule has 1 aromatic heterocycles. The number of tetrazole rings is 1. The molecule has 0 saturated heterocycles. The standard InChI is InChI=1S/C21H27N5O2S/c1-20(2,3)14-9-13(10-15(18(14)27)21(4,5)6)11-16-19(28)26(7-8-29-16)12-17-22-24-25-23-17/h7-11,27H,12H2,1-6H3,(H,22,23,24,25)/b16-11-. The van der Waals surface area contributed by atoms with Crippen molar-refractivity contribution >= 4 is 23.7 Å². The van der Waals surface area contributed by atoms with E-state index < -0.39 is 0 Å². The van der Waals surface area contributed by atoms with Crippen molar-refractivity contribution < 1.29 is 9.90 Å². The summed E-state index contributed by atoms with van der Waals surface area (Å²) in [6.07, 6.45) is 3.61. The topological polar surface area (TPSA) is 95.0 Å². The Morgan fingerprint density at radius 2 is 1.76 bits per heavy atom. The molecule has 0 radical (unpaired) electrons. The third-order valence-corrected chi connectivity index (χ3v) is 5.47. The second-order valence-corrected chi connectivity index (χ2v) is 10.1. The number of carbonyl (C=O) groups excluding carboxylic acids is 1. The van der Waals surface area contributed by atoms with Gasteiger partial charge in [0, 0.05) is 17.3 Å². The Morgan fingerprint density at radius 3 is 2.28 bits per heavy atom. The molecule has 3 rings (SSSR count). The van der Waals surface area contributed by atoms with Gasteiger partial charge in [-0.25, -0.2) is 5.10 Å². The maximum absolute atomic E-state index is 12.9. The van der Waals surface area contributed by atoms with E-state index in [-0.39, 0.29) is 23.3 Å². The number of phenols is 1. The minimum absolute atomic E-state index is 0.114. The van der Waals surface area contributed by atoms with E-state index in [1.165, 1.54) is 11.8 Å². The number of amides is 1. The van der Waals surface area contributed by atoms with Gasteiger partial charge in [0.25, 0.3) is 5.91 Å². The average Bonchev–Trinajstić information content (AvgIpc) is 3.11. The zero-order chi connectivity index (χ0) is 21.4. The third kappa shape index (κ3) is 4.70. The lowest BCUT2D eigenvalue weighted by Gasteiger charge is -2.28. The number of rotatable bonds is 3. The maximum atomic E-state index is 12.9. The SMILES string of the molecule is CC(C)(C)c1cc(/C=C2\SC=CN(Cc3nnn[nH]3)C2=O)cc(C(C)(C)C)c1O. The van der Waals surface area contributed by atoms with E-state index in [0.29, 0.717) is 16.5 Å². The van der Waals surface area contributed by atoms with Crippen LogP contribution in [0.25, 0.3) is 6.08 Å². The number of nitrogens with zero attached hydrogens (tertiary/aromatic N) is 4. The zero-order valence-electron chi connectivity index (χ0n) is 17.6. The summed E-state index contributed by atoms with van der Waals surface area (Å²) in [4.78, 5) is 15.1. The second kappa shape index (κ2) is 7.67. The number of benzene rings is 1. The van der Waals surface area contributed by atoms with Crippen LogP contribution >= 0.6 is 11.8 Å². The number of H-pyrrole nitrogens is 1. The maximum Gasteiger partial charge on any atom is 0.265 e. The lowest BCUT2D eigenvalue weighted by atomic mass is 9.78. The number of aromatic hydroxyl groups is 1. The fraction of sp³-hybridized carbons (Fsp3) is 0.429. The van der Waals surface area contributed by atoms with Crippen LogP contribution in [0, 0.1) is 0 Å². The number of thioether (sulfide) groups is 1. The van der Waals surface area contributed by atoms with Crippen LogP contribution in [0.5, 0.6) is 5.75 Å². The van der Waals surface area contributed by atoms with E-state index in [1.54, 1.807) is 11.1 Å². The van der Waals surface area contributed by atoms with Crippen molar-refractivity contribution in [3.05, 3.63) is 51.2 Å². The number of hydrogen-bond donors (Lipinski definition) is 2. The van der Waals surface area contributed by atoms with E-state index in [0.717, 1.165) is 16.7 Å². The van der Waals surface area contributed by atoms with E-state index in [2.05, 4.69) is 62.2 Å². The summed E-state index contributed by atoms with van der Waals surface area (Å²) < 4.78 is 0. The molecular formula is C21H27N5O2S. The van der Waals surface area contributed by atoms with Crippen LogP contribution in [-0.4, -0.2) is 36.5 Å². The highest BCUT2D eigenvalue weighted by atomic mass is 32.2. The predicted octanol–water partition coefficient (Wildman–Crippen LogP) is 4.09. The summed E-state index contributed by atoms with van der Waals surface area (Å²) in [5, 5.41) is 26.4. The first-order valence-corrected chi connectivity index (χ1v) is 10.3. The zero-order valence-corrected chi connectivity index (χ0v) is 18.5. The van der Waals surface area contributed by atoms with E-state index in [9.17, 15) is 9.90 Å². The van der Waals surface area contributed by atoms with Crippen LogP contribution < -0.4 is 0 Å². The summed E-state index contributed by atoms with van der Waals surface area (Å²) >= 11 is 1.38. The van der Waals surface area contributed by atoms with Gasteiger partial charge in [-0.1, -0.05) is 53.3 Å². The molecule has 2 heterocycles. The molecule has 0 aliphatic carbocycles. The Balaban J connectivity index is 2.01. The van der Waals surface area contributed by atoms with Crippen molar-refractivity contribution in [2.45, 2.75) is 58.9 Å². The van der Waals surface area contributed by atoms with E-state index in [1.807, 2.05) is 23.6 Å². The Hall–Kier alpha value is -2.61. The van der Waals surface area contributed by atoms with Crippen LogP contribution in [0.15, 0.2) is 28.6 Å². The molecule has 0 saturated carbocycles. The van der Waals surface area contributed by atoms with Crippen molar-refractivity contribution in [1.82, 2.24) is 25.5 Å². The minimum Gasteiger partial charge on any atom is -0.507 e. The fourth-order valence-corrected chi connectivity index (χ4v) is 3.88. The largest absolute Gasteiger partial charge is 0.507 e. The van der Waals surface area contributed by atoms with Gasteiger partial charge >= 0.3 is 0 Å². The van der Waals surface area contributed by atoms with Crippen molar-refractivity contribution in [3.63, 3.8) is 0 Å². The first-order valence-electron chi connectivity index (χ1n) is 9.43. The van der Waals surface area contributed by atoms with E-state index >= 15 is 0 Å². The summed E-state index contributed by atoms with van der Waals surface area (Å²) in [5.41, 5.74) is 2.17. The molecular weight excluding hydrogens is 386 g/mol. The predicted molar refractivity (Wildman–Crippen MR) is 115 cm³/mol. The van der Waals surface area contributed by atoms with Gasteiger partial charge in [0.15, 0.2) is 5.82 Å². The molecule has 1 aliphatic rings. The molecule has 7 nitrogen and oxygen atoms in total. The number of hydrogen-bond acceptors (Lipinski definition) is 6. The lowest BCUT2D eigenvalue weighted by molar-refractivity contribution is -0.124. The molecule has 0 bridgehead atoms. The Bertz CT molecular complexity index is 931. The van der Waals surface area contributed by atoms with Gasteiger partial charge in [-0.2, -0.15) is 0 Å². The first kappa shape index (κ1) is 21.1. The van der Waals surface area contributed by atoms with Gasteiger partial charge in [0.05, 0.1) is 11.4 Å². The molecule has 0 spiro atoms. The fourth-order valence-electron chi connectivity index (χ4n) is 3.10. The van der Waals surface area contributed by atoms with Gasteiger partial charge in [0.2, 0.25) is 0 Å². The molecule has 0 unspecified atom stereocenters. The summed E-state index contributed by atoms with van der Waals surface area (Å²) in [5.74, 6) is 0.731. The lowest BCUT2D eigenvalue weighted by Crippen LogP contribution is -2.28. The molecule has 8 heteroatoms. The quantitative estimate of drug-likeness (QED) is 0.736. The molecule has 154 valence electrons. The molecule has 2 N–H and O–H groups in total. The molecule has 0 atom stereocenters.